The number of hydrogen-bond acceptors (Lipinski definition) is 2. The molecule has 0 aliphatic rings. The summed E-state index contributed by atoms with van der Waals surface area (Å²) in [4.78, 5) is 8.37. The maximum atomic E-state index is 5.92. The van der Waals surface area contributed by atoms with E-state index in [2.05, 4.69) is 16.2 Å². The van der Waals surface area contributed by atoms with E-state index < -0.39 is 0 Å². The lowest BCUT2D eigenvalue weighted by molar-refractivity contribution is 1.16. The van der Waals surface area contributed by atoms with Crippen LogP contribution in [-0.2, 0) is 0 Å². The number of hydrogen-bond donors (Lipinski definition) is 0. The van der Waals surface area contributed by atoms with Crippen molar-refractivity contribution < 1.29 is 0 Å². The Hall–Kier alpha value is -2.19. The topological polar surface area (TPSA) is 25.8 Å². The van der Waals surface area contributed by atoms with E-state index in [1.54, 1.807) is 0 Å². The van der Waals surface area contributed by atoms with Crippen LogP contribution in [0.2, 0.25) is 5.02 Å². The van der Waals surface area contributed by atoms with Crippen LogP contribution in [0.4, 0.5) is 0 Å². The van der Waals surface area contributed by atoms with E-state index in [-0.39, 0.29) is 0 Å². The first-order valence-corrected chi connectivity index (χ1v) is 6.26. The van der Waals surface area contributed by atoms with Gasteiger partial charge < -0.3 is 0 Å². The molecule has 0 aliphatic carbocycles. The monoisotopic (exact) mass is 265 g/mol. The third kappa shape index (κ3) is 2.49. The van der Waals surface area contributed by atoms with Crippen molar-refractivity contribution in [2.24, 2.45) is 0 Å². The van der Waals surface area contributed by atoms with Gasteiger partial charge in [-0.15, -0.1) is 0 Å². The van der Waals surface area contributed by atoms with Crippen molar-refractivity contribution >= 4 is 11.6 Å². The Labute approximate surface area is 116 Å². The summed E-state index contributed by atoms with van der Waals surface area (Å²) in [5, 5.41) is 0.711. The molecule has 1 radical (unpaired) electrons. The molecular weight excluding hydrogens is 256 g/mol. The summed E-state index contributed by atoms with van der Waals surface area (Å²) in [5.41, 5.74) is 3.80. The highest BCUT2D eigenvalue weighted by Crippen LogP contribution is 2.29. The van der Waals surface area contributed by atoms with Crippen molar-refractivity contribution in [3.8, 4) is 22.4 Å². The average Bonchev–Trinajstić information content (AvgIpc) is 2.49. The zero-order valence-electron chi connectivity index (χ0n) is 10.0. The Balaban J connectivity index is 2.15. The number of rotatable bonds is 2. The molecular formula is C16H10ClN2. The summed E-state index contributed by atoms with van der Waals surface area (Å²) in [6, 6.07) is 17.6. The molecule has 2 nitrogen and oxygen atoms in total. The zero-order valence-corrected chi connectivity index (χ0v) is 10.8. The van der Waals surface area contributed by atoms with Crippen molar-refractivity contribution in [1.82, 2.24) is 9.97 Å². The van der Waals surface area contributed by atoms with Gasteiger partial charge in [-0.2, -0.15) is 0 Å². The molecule has 0 N–H and O–H groups in total. The van der Waals surface area contributed by atoms with Gasteiger partial charge in [0.05, 0.1) is 5.69 Å². The van der Waals surface area contributed by atoms with Crippen molar-refractivity contribution in [3.05, 3.63) is 72.1 Å². The van der Waals surface area contributed by atoms with E-state index in [0.717, 1.165) is 22.4 Å². The van der Waals surface area contributed by atoms with Crippen LogP contribution in [-0.4, -0.2) is 9.97 Å². The molecule has 0 saturated heterocycles. The maximum Gasteiger partial charge on any atom is 0.116 e. The smallest absolute Gasteiger partial charge is 0.116 e. The minimum absolute atomic E-state index is 0.711. The number of aromatic nitrogens is 2. The Morgan fingerprint density at radius 1 is 0.842 bits per heavy atom. The van der Waals surface area contributed by atoms with Gasteiger partial charge in [0.15, 0.2) is 0 Å². The Morgan fingerprint density at radius 3 is 2.32 bits per heavy atom. The van der Waals surface area contributed by atoms with E-state index in [9.17, 15) is 0 Å². The lowest BCUT2D eigenvalue weighted by Gasteiger charge is -2.07. The molecule has 0 atom stereocenters. The largest absolute Gasteiger partial charge is 0.236 e. The number of benzene rings is 2. The summed E-state index contributed by atoms with van der Waals surface area (Å²) in [5.74, 6) is 0. The summed E-state index contributed by atoms with van der Waals surface area (Å²) < 4.78 is 0. The molecule has 0 bridgehead atoms. The van der Waals surface area contributed by atoms with Crippen LogP contribution in [0.25, 0.3) is 22.4 Å². The molecule has 1 aromatic heterocycles. The van der Waals surface area contributed by atoms with E-state index in [4.69, 9.17) is 11.6 Å². The fraction of sp³-hybridized carbons (Fsp3) is 0. The molecule has 3 rings (SSSR count). The number of halogens is 1. The predicted octanol–water partition coefficient (Wildman–Crippen LogP) is 4.26. The summed E-state index contributed by atoms with van der Waals surface area (Å²) >= 11 is 5.92. The maximum absolute atomic E-state index is 5.92. The van der Waals surface area contributed by atoms with Crippen molar-refractivity contribution in [1.29, 1.82) is 0 Å². The van der Waals surface area contributed by atoms with Gasteiger partial charge in [-0.1, -0.05) is 54.1 Å². The number of nitrogens with zero attached hydrogens (tertiary/aromatic N) is 2. The third-order valence-corrected chi connectivity index (χ3v) is 3.09. The normalized spacial score (nSPS) is 10.4. The second kappa shape index (κ2) is 5.21. The minimum Gasteiger partial charge on any atom is -0.236 e. The molecule has 3 aromatic rings. The molecule has 1 heterocycles. The molecule has 0 unspecified atom stereocenters. The highest BCUT2D eigenvalue weighted by atomic mass is 35.5. The molecule has 0 fully saturated rings. The van der Waals surface area contributed by atoms with Crippen LogP contribution in [0, 0.1) is 6.20 Å². The van der Waals surface area contributed by atoms with Gasteiger partial charge in [-0.05, 0) is 17.7 Å². The van der Waals surface area contributed by atoms with Crippen LogP contribution in [0.5, 0.6) is 0 Å². The fourth-order valence-electron chi connectivity index (χ4n) is 1.93. The molecule has 2 aromatic carbocycles. The molecule has 0 aliphatic heterocycles. The van der Waals surface area contributed by atoms with Crippen molar-refractivity contribution in [2.45, 2.75) is 0 Å². The molecule has 91 valence electrons. The van der Waals surface area contributed by atoms with Gasteiger partial charge in [-0.3, -0.25) is 0 Å². The quantitative estimate of drug-likeness (QED) is 0.692. The highest BCUT2D eigenvalue weighted by molar-refractivity contribution is 6.30. The first kappa shape index (κ1) is 11.9. The van der Waals surface area contributed by atoms with Gasteiger partial charge >= 0.3 is 0 Å². The fourth-order valence-corrected chi connectivity index (χ4v) is 2.06. The second-order valence-corrected chi connectivity index (χ2v) is 4.52. The van der Waals surface area contributed by atoms with Crippen LogP contribution in [0.15, 0.2) is 60.9 Å². The summed E-state index contributed by atoms with van der Waals surface area (Å²) in [6.07, 6.45) is 4.53. The Kier molecular flexibility index (Phi) is 3.25. The van der Waals surface area contributed by atoms with Crippen LogP contribution in [0.1, 0.15) is 0 Å². The molecule has 0 saturated carbocycles. The molecule has 0 amide bonds. The molecule has 3 heteroatoms. The van der Waals surface area contributed by atoms with E-state index in [1.165, 1.54) is 6.33 Å². The first-order chi connectivity index (χ1) is 9.34. The van der Waals surface area contributed by atoms with Gasteiger partial charge in [0, 0.05) is 16.1 Å². The van der Waals surface area contributed by atoms with Crippen LogP contribution < -0.4 is 0 Å². The lowest BCUT2D eigenvalue weighted by Crippen LogP contribution is -1.91. The second-order valence-electron chi connectivity index (χ2n) is 4.08. The van der Waals surface area contributed by atoms with Crippen molar-refractivity contribution in [2.75, 3.05) is 0 Å². The van der Waals surface area contributed by atoms with E-state index in [1.807, 2.05) is 54.6 Å². The van der Waals surface area contributed by atoms with Gasteiger partial charge in [-0.25, -0.2) is 9.97 Å². The van der Waals surface area contributed by atoms with Gasteiger partial charge in [0.1, 0.15) is 12.5 Å². The van der Waals surface area contributed by atoms with Gasteiger partial charge in [0.2, 0.25) is 0 Å². The summed E-state index contributed by atoms with van der Waals surface area (Å²) in [6.45, 7) is 0. The average molecular weight is 266 g/mol. The predicted molar refractivity (Wildman–Crippen MR) is 76.8 cm³/mol. The Morgan fingerprint density at radius 2 is 1.58 bits per heavy atom. The lowest BCUT2D eigenvalue weighted by atomic mass is 10.0. The third-order valence-electron chi connectivity index (χ3n) is 2.84. The first-order valence-electron chi connectivity index (χ1n) is 5.88. The van der Waals surface area contributed by atoms with Crippen molar-refractivity contribution in [3.63, 3.8) is 0 Å². The zero-order chi connectivity index (χ0) is 13.1. The summed E-state index contributed by atoms with van der Waals surface area (Å²) in [7, 11) is 0. The standard InChI is InChI=1S/C16H10ClN2/c17-14-8-6-13(7-9-14)16-15(10-18-11-19-16)12-4-2-1-3-5-12/h1-9,11H. The minimum atomic E-state index is 0.711. The SMILES string of the molecule is Clc1ccc(-c2ncn[c]c2-c2ccccc2)cc1. The molecule has 0 spiro atoms. The van der Waals surface area contributed by atoms with E-state index >= 15 is 0 Å². The van der Waals surface area contributed by atoms with Gasteiger partial charge in [0.25, 0.3) is 0 Å². The Bertz CT molecular complexity index is 679. The molecule has 19 heavy (non-hydrogen) atoms. The highest BCUT2D eigenvalue weighted by Gasteiger charge is 2.09. The van der Waals surface area contributed by atoms with E-state index in [0.29, 0.717) is 5.02 Å². The van der Waals surface area contributed by atoms with Crippen LogP contribution in [0.3, 0.4) is 0 Å². The van der Waals surface area contributed by atoms with Crippen LogP contribution >= 0.6 is 11.6 Å².